The fourth-order valence-electron chi connectivity index (χ4n) is 1.68. The van der Waals surface area contributed by atoms with E-state index in [0.717, 1.165) is 0 Å². The highest BCUT2D eigenvalue weighted by Gasteiger charge is 2.16. The van der Waals surface area contributed by atoms with Crippen LogP contribution in [-0.2, 0) is 13.7 Å². The Morgan fingerprint density at radius 3 is 2.76 bits per heavy atom. The molecule has 0 radical (unpaired) electrons. The Labute approximate surface area is 129 Å². The zero-order valence-corrected chi connectivity index (χ0v) is 13.1. The van der Waals surface area contributed by atoms with E-state index in [-0.39, 0.29) is 12.2 Å². The van der Waals surface area contributed by atoms with E-state index in [4.69, 9.17) is 14.6 Å². The molecule has 0 bridgehead atoms. The fraction of sp³-hybridized carbons (Fsp3) is 0.308. The third kappa shape index (κ3) is 3.52. The Morgan fingerprint density at radius 2 is 2.19 bits per heavy atom. The molecular weight excluding hydrogens is 342 g/mol. The average Bonchev–Trinajstić information content (AvgIpc) is 2.83. The number of aromatic carboxylic acids is 1. The van der Waals surface area contributed by atoms with Crippen LogP contribution in [0.5, 0.6) is 11.5 Å². The number of ether oxygens (including phenoxy) is 2. The van der Waals surface area contributed by atoms with E-state index < -0.39 is 5.97 Å². The minimum atomic E-state index is -1.03. The molecule has 0 spiro atoms. The van der Waals surface area contributed by atoms with Gasteiger partial charge in [-0.15, -0.1) is 0 Å². The Morgan fingerprint density at radius 1 is 1.43 bits per heavy atom. The molecule has 0 atom stereocenters. The van der Waals surface area contributed by atoms with Gasteiger partial charge in [-0.05, 0) is 35.0 Å². The minimum Gasteiger partial charge on any atom is -0.490 e. The van der Waals surface area contributed by atoms with E-state index in [0.29, 0.717) is 28.4 Å². The number of halogens is 1. The molecule has 0 aliphatic carbocycles. The van der Waals surface area contributed by atoms with E-state index in [1.807, 2.05) is 6.92 Å². The Bertz CT molecular complexity index is 657. The summed E-state index contributed by atoms with van der Waals surface area (Å²) < 4.78 is 13.2. The molecule has 2 rings (SSSR count). The molecule has 1 N–H and O–H groups in total. The molecule has 21 heavy (non-hydrogen) atoms. The number of hydrogen-bond acceptors (Lipinski definition) is 5. The van der Waals surface area contributed by atoms with Crippen molar-refractivity contribution in [2.75, 3.05) is 6.61 Å². The number of carboxylic acids is 1. The van der Waals surface area contributed by atoms with Crippen molar-refractivity contribution in [1.29, 1.82) is 0 Å². The molecular formula is C13H14BrN3O4. The molecule has 0 aliphatic heterocycles. The van der Waals surface area contributed by atoms with Gasteiger partial charge in [0.1, 0.15) is 12.9 Å². The first-order chi connectivity index (χ1) is 10.0. The molecule has 0 fully saturated rings. The molecule has 0 amide bonds. The molecule has 0 unspecified atom stereocenters. The molecule has 0 saturated carbocycles. The van der Waals surface area contributed by atoms with Crippen LogP contribution in [0.3, 0.4) is 0 Å². The molecule has 1 aromatic heterocycles. The summed E-state index contributed by atoms with van der Waals surface area (Å²) in [5.41, 5.74) is 0.122. The van der Waals surface area contributed by atoms with Crippen molar-refractivity contribution >= 4 is 21.9 Å². The number of carbonyl (C=O) groups is 1. The summed E-state index contributed by atoms with van der Waals surface area (Å²) in [6, 6.07) is 2.90. The number of benzene rings is 1. The van der Waals surface area contributed by atoms with Crippen molar-refractivity contribution in [2.24, 2.45) is 7.05 Å². The van der Waals surface area contributed by atoms with E-state index in [2.05, 4.69) is 26.0 Å². The number of aromatic nitrogens is 3. The van der Waals surface area contributed by atoms with Crippen LogP contribution in [-0.4, -0.2) is 32.4 Å². The molecule has 1 aromatic carbocycles. The number of rotatable bonds is 6. The predicted octanol–water partition coefficient (Wildman–Crippen LogP) is 2.25. The molecule has 2 aromatic rings. The second-order valence-corrected chi connectivity index (χ2v) is 4.97. The van der Waals surface area contributed by atoms with E-state index >= 15 is 0 Å². The fourth-order valence-corrected chi connectivity index (χ4v) is 2.24. The zero-order valence-electron chi connectivity index (χ0n) is 11.5. The highest BCUT2D eigenvalue weighted by atomic mass is 79.9. The van der Waals surface area contributed by atoms with E-state index in [1.54, 1.807) is 11.7 Å². The van der Waals surface area contributed by atoms with Crippen molar-refractivity contribution in [3.05, 3.63) is 34.3 Å². The quantitative estimate of drug-likeness (QED) is 0.854. The van der Waals surface area contributed by atoms with E-state index in [9.17, 15) is 4.79 Å². The summed E-state index contributed by atoms with van der Waals surface area (Å²) in [4.78, 5) is 15.1. The third-order valence-electron chi connectivity index (χ3n) is 2.71. The summed E-state index contributed by atoms with van der Waals surface area (Å²) >= 11 is 3.31. The largest absolute Gasteiger partial charge is 0.490 e. The SMILES string of the molecule is CCOc1cc(C(=O)O)cc(Br)c1OCc1ncnn1C. The number of aryl methyl sites for hydroxylation is 1. The molecule has 1 heterocycles. The van der Waals surface area contributed by atoms with Gasteiger partial charge >= 0.3 is 5.97 Å². The topological polar surface area (TPSA) is 86.5 Å². The van der Waals surface area contributed by atoms with Crippen LogP contribution in [0.4, 0.5) is 0 Å². The van der Waals surface area contributed by atoms with Gasteiger partial charge in [0.15, 0.2) is 17.3 Å². The van der Waals surface area contributed by atoms with Gasteiger partial charge in [0.05, 0.1) is 16.6 Å². The first-order valence-electron chi connectivity index (χ1n) is 6.18. The lowest BCUT2D eigenvalue weighted by molar-refractivity contribution is 0.0696. The smallest absolute Gasteiger partial charge is 0.335 e. The minimum absolute atomic E-state index is 0.122. The van der Waals surface area contributed by atoms with Gasteiger partial charge in [-0.2, -0.15) is 5.10 Å². The van der Waals surface area contributed by atoms with Gasteiger partial charge < -0.3 is 14.6 Å². The van der Waals surface area contributed by atoms with E-state index in [1.165, 1.54) is 18.5 Å². The highest BCUT2D eigenvalue weighted by Crippen LogP contribution is 2.37. The zero-order chi connectivity index (χ0) is 15.4. The summed E-state index contributed by atoms with van der Waals surface area (Å²) in [6.45, 7) is 2.41. The Hall–Kier alpha value is -2.09. The van der Waals surface area contributed by atoms with Crippen LogP contribution in [0.2, 0.25) is 0 Å². The highest BCUT2D eigenvalue weighted by molar-refractivity contribution is 9.10. The van der Waals surface area contributed by atoms with Crippen LogP contribution in [0.1, 0.15) is 23.1 Å². The molecule has 0 saturated heterocycles. The van der Waals surface area contributed by atoms with Gasteiger partial charge in [0, 0.05) is 7.05 Å². The first kappa shape index (κ1) is 15.3. The van der Waals surface area contributed by atoms with Crippen LogP contribution in [0, 0.1) is 0 Å². The monoisotopic (exact) mass is 355 g/mol. The van der Waals surface area contributed by atoms with Gasteiger partial charge in [0.25, 0.3) is 0 Å². The average molecular weight is 356 g/mol. The molecule has 7 nitrogen and oxygen atoms in total. The molecule has 112 valence electrons. The van der Waals surface area contributed by atoms with Crippen molar-refractivity contribution in [3.8, 4) is 11.5 Å². The summed E-state index contributed by atoms with van der Waals surface area (Å²) in [6.07, 6.45) is 1.44. The maximum absolute atomic E-state index is 11.1. The van der Waals surface area contributed by atoms with Gasteiger partial charge in [-0.3, -0.25) is 4.68 Å². The summed E-state index contributed by atoms with van der Waals surface area (Å²) in [5, 5.41) is 13.0. The van der Waals surface area contributed by atoms with Crippen LogP contribution >= 0.6 is 15.9 Å². The number of hydrogen-bond donors (Lipinski definition) is 1. The van der Waals surface area contributed by atoms with Gasteiger partial charge in [-0.25, -0.2) is 9.78 Å². The lowest BCUT2D eigenvalue weighted by Crippen LogP contribution is -2.07. The van der Waals surface area contributed by atoms with Crippen molar-refractivity contribution < 1.29 is 19.4 Å². The maximum atomic E-state index is 11.1. The van der Waals surface area contributed by atoms with Gasteiger partial charge in [-0.1, -0.05) is 0 Å². The van der Waals surface area contributed by atoms with Gasteiger partial charge in [0.2, 0.25) is 0 Å². The number of carboxylic acid groups (broad SMARTS) is 1. The lowest BCUT2D eigenvalue weighted by Gasteiger charge is -2.14. The van der Waals surface area contributed by atoms with Crippen LogP contribution in [0.15, 0.2) is 22.9 Å². The standard InChI is InChI=1S/C13H14BrN3O4/c1-3-20-10-5-8(13(18)19)4-9(14)12(10)21-6-11-15-7-16-17(11)2/h4-5,7H,3,6H2,1-2H3,(H,18,19). The van der Waals surface area contributed by atoms with Crippen molar-refractivity contribution in [1.82, 2.24) is 14.8 Å². The second kappa shape index (κ2) is 6.57. The normalized spacial score (nSPS) is 10.4. The van der Waals surface area contributed by atoms with Crippen molar-refractivity contribution in [3.63, 3.8) is 0 Å². The van der Waals surface area contributed by atoms with Crippen LogP contribution < -0.4 is 9.47 Å². The third-order valence-corrected chi connectivity index (χ3v) is 3.30. The lowest BCUT2D eigenvalue weighted by atomic mass is 10.2. The predicted molar refractivity (Wildman–Crippen MR) is 77.6 cm³/mol. The summed E-state index contributed by atoms with van der Waals surface area (Å²) in [7, 11) is 1.76. The number of nitrogens with zero attached hydrogens (tertiary/aromatic N) is 3. The Kier molecular flexibility index (Phi) is 4.79. The molecule has 8 heteroatoms. The first-order valence-corrected chi connectivity index (χ1v) is 6.97. The molecule has 0 aliphatic rings. The Balaban J connectivity index is 2.28. The maximum Gasteiger partial charge on any atom is 0.335 e. The van der Waals surface area contributed by atoms with Crippen molar-refractivity contribution in [2.45, 2.75) is 13.5 Å². The van der Waals surface area contributed by atoms with Crippen LogP contribution in [0.25, 0.3) is 0 Å². The summed E-state index contributed by atoms with van der Waals surface area (Å²) in [5.74, 6) is 0.416. The second-order valence-electron chi connectivity index (χ2n) is 4.11.